The molecule has 1 unspecified atom stereocenters. The molecule has 1 aliphatic rings. The Morgan fingerprint density at radius 2 is 2.36 bits per heavy atom. The first-order valence-electron chi connectivity index (χ1n) is 4.77. The number of rotatable bonds is 2. The van der Waals surface area contributed by atoms with Crippen molar-refractivity contribution in [3.63, 3.8) is 0 Å². The summed E-state index contributed by atoms with van der Waals surface area (Å²) in [4.78, 5) is 11.2. The summed E-state index contributed by atoms with van der Waals surface area (Å²) < 4.78 is 4.90. The number of anilines is 1. The highest BCUT2D eigenvalue weighted by molar-refractivity contribution is 5.74. The standard InChI is InChI=1S/C11H13NO2/c12-10-3-1-2-8(7-10)6-9-4-5-14-11(9)13/h1-3,7,9H,4-6,12H2. The van der Waals surface area contributed by atoms with Crippen LogP contribution in [0.15, 0.2) is 24.3 Å². The Bertz CT molecular complexity index is 349. The van der Waals surface area contributed by atoms with E-state index in [1.54, 1.807) is 0 Å². The van der Waals surface area contributed by atoms with Crippen molar-refractivity contribution in [3.8, 4) is 0 Å². The first kappa shape index (κ1) is 9.06. The molecule has 0 radical (unpaired) electrons. The van der Waals surface area contributed by atoms with Gasteiger partial charge in [0, 0.05) is 5.69 Å². The quantitative estimate of drug-likeness (QED) is 0.567. The number of ether oxygens (including phenoxy) is 1. The Kier molecular flexibility index (Phi) is 2.39. The van der Waals surface area contributed by atoms with Crippen LogP contribution in [0.1, 0.15) is 12.0 Å². The molecule has 1 aliphatic heterocycles. The van der Waals surface area contributed by atoms with Gasteiger partial charge < -0.3 is 10.5 Å². The molecule has 14 heavy (non-hydrogen) atoms. The van der Waals surface area contributed by atoms with E-state index in [-0.39, 0.29) is 11.9 Å². The van der Waals surface area contributed by atoms with E-state index in [1.165, 1.54) is 0 Å². The minimum atomic E-state index is -0.0765. The van der Waals surface area contributed by atoms with Crippen molar-refractivity contribution in [2.24, 2.45) is 5.92 Å². The normalized spacial score (nSPS) is 20.9. The van der Waals surface area contributed by atoms with E-state index in [0.717, 1.165) is 24.1 Å². The van der Waals surface area contributed by atoms with Gasteiger partial charge in [-0.1, -0.05) is 12.1 Å². The fraction of sp³-hybridized carbons (Fsp3) is 0.364. The number of nitrogen functional groups attached to an aromatic ring is 1. The Balaban J connectivity index is 2.07. The van der Waals surface area contributed by atoms with Gasteiger partial charge in [0.25, 0.3) is 0 Å². The van der Waals surface area contributed by atoms with Crippen LogP contribution in [-0.4, -0.2) is 12.6 Å². The number of cyclic esters (lactones) is 1. The van der Waals surface area contributed by atoms with Gasteiger partial charge in [-0.3, -0.25) is 4.79 Å². The van der Waals surface area contributed by atoms with E-state index >= 15 is 0 Å². The van der Waals surface area contributed by atoms with Crippen molar-refractivity contribution in [2.45, 2.75) is 12.8 Å². The fourth-order valence-corrected chi connectivity index (χ4v) is 1.73. The van der Waals surface area contributed by atoms with Crippen LogP contribution in [0.2, 0.25) is 0 Å². The summed E-state index contributed by atoms with van der Waals surface area (Å²) in [6.45, 7) is 0.561. The monoisotopic (exact) mass is 191 g/mol. The second kappa shape index (κ2) is 3.70. The number of carbonyl (C=O) groups is 1. The highest BCUT2D eigenvalue weighted by atomic mass is 16.5. The van der Waals surface area contributed by atoms with Crippen LogP contribution in [0, 0.1) is 5.92 Å². The number of nitrogens with two attached hydrogens (primary N) is 1. The molecule has 3 heteroatoms. The third-order valence-electron chi connectivity index (χ3n) is 2.48. The van der Waals surface area contributed by atoms with Crippen molar-refractivity contribution in [1.82, 2.24) is 0 Å². The van der Waals surface area contributed by atoms with Gasteiger partial charge in [-0.05, 0) is 30.5 Å². The number of carbonyl (C=O) groups excluding carboxylic acids is 1. The van der Waals surface area contributed by atoms with Gasteiger partial charge in [-0.15, -0.1) is 0 Å². The molecule has 0 amide bonds. The number of hydrogen-bond acceptors (Lipinski definition) is 3. The van der Waals surface area contributed by atoms with E-state index < -0.39 is 0 Å². The van der Waals surface area contributed by atoms with Crippen LogP contribution < -0.4 is 5.73 Å². The van der Waals surface area contributed by atoms with E-state index in [9.17, 15) is 4.79 Å². The largest absolute Gasteiger partial charge is 0.465 e. The first-order chi connectivity index (χ1) is 6.75. The summed E-state index contributed by atoms with van der Waals surface area (Å²) in [5.41, 5.74) is 7.50. The van der Waals surface area contributed by atoms with Gasteiger partial charge in [0.1, 0.15) is 0 Å². The SMILES string of the molecule is Nc1cccc(CC2CCOC2=O)c1. The molecule has 1 atom stereocenters. The molecule has 2 N–H and O–H groups in total. The number of esters is 1. The Labute approximate surface area is 82.9 Å². The average Bonchev–Trinajstić information content (AvgIpc) is 2.52. The lowest BCUT2D eigenvalue weighted by molar-refractivity contribution is -0.141. The van der Waals surface area contributed by atoms with Gasteiger partial charge >= 0.3 is 5.97 Å². The van der Waals surface area contributed by atoms with E-state index in [1.807, 2.05) is 24.3 Å². The van der Waals surface area contributed by atoms with Crippen molar-refractivity contribution in [1.29, 1.82) is 0 Å². The third kappa shape index (κ3) is 1.87. The van der Waals surface area contributed by atoms with Crippen LogP contribution in [0.25, 0.3) is 0 Å². The molecule has 0 spiro atoms. The molecule has 0 aromatic heterocycles. The lowest BCUT2D eigenvalue weighted by Gasteiger charge is -2.05. The molecule has 1 aromatic carbocycles. The first-order valence-corrected chi connectivity index (χ1v) is 4.77. The zero-order chi connectivity index (χ0) is 9.97. The van der Waals surface area contributed by atoms with Gasteiger partial charge in [0.2, 0.25) is 0 Å². The zero-order valence-corrected chi connectivity index (χ0v) is 7.90. The van der Waals surface area contributed by atoms with Crippen molar-refractivity contribution >= 4 is 11.7 Å². The molecule has 1 fully saturated rings. The summed E-state index contributed by atoms with van der Waals surface area (Å²) >= 11 is 0. The topological polar surface area (TPSA) is 52.3 Å². The van der Waals surface area contributed by atoms with E-state index in [4.69, 9.17) is 10.5 Å². The second-order valence-electron chi connectivity index (χ2n) is 3.60. The highest BCUT2D eigenvalue weighted by Crippen LogP contribution is 2.20. The van der Waals surface area contributed by atoms with Crippen molar-refractivity contribution in [3.05, 3.63) is 29.8 Å². The Hall–Kier alpha value is -1.51. The summed E-state index contributed by atoms with van der Waals surface area (Å²) in [6, 6.07) is 7.65. The summed E-state index contributed by atoms with van der Waals surface area (Å²) in [6.07, 6.45) is 1.57. The lowest BCUT2D eigenvalue weighted by atomic mass is 9.98. The molecule has 1 saturated heterocycles. The maximum absolute atomic E-state index is 11.2. The van der Waals surface area contributed by atoms with Crippen molar-refractivity contribution < 1.29 is 9.53 Å². The molecule has 74 valence electrons. The molecule has 0 aliphatic carbocycles. The molecule has 1 heterocycles. The Morgan fingerprint density at radius 1 is 1.50 bits per heavy atom. The molecule has 2 rings (SSSR count). The van der Waals surface area contributed by atoms with Crippen molar-refractivity contribution in [2.75, 3.05) is 12.3 Å². The fourth-order valence-electron chi connectivity index (χ4n) is 1.73. The maximum Gasteiger partial charge on any atom is 0.309 e. The number of hydrogen-bond donors (Lipinski definition) is 1. The zero-order valence-electron chi connectivity index (χ0n) is 7.90. The molecular formula is C11H13NO2. The minimum absolute atomic E-state index is 0.0248. The predicted octanol–water partition coefficient (Wildman–Crippen LogP) is 1.37. The van der Waals surface area contributed by atoms with E-state index in [0.29, 0.717) is 6.61 Å². The van der Waals surface area contributed by atoms with Crippen LogP contribution in [-0.2, 0) is 16.0 Å². The molecular weight excluding hydrogens is 178 g/mol. The highest BCUT2D eigenvalue weighted by Gasteiger charge is 2.26. The maximum atomic E-state index is 11.2. The van der Waals surface area contributed by atoms with Gasteiger partial charge in [-0.2, -0.15) is 0 Å². The van der Waals surface area contributed by atoms with E-state index in [2.05, 4.69) is 0 Å². The molecule has 0 bridgehead atoms. The lowest BCUT2D eigenvalue weighted by Crippen LogP contribution is -2.10. The smallest absolute Gasteiger partial charge is 0.309 e. The summed E-state index contributed by atoms with van der Waals surface area (Å²) in [5, 5.41) is 0. The second-order valence-corrected chi connectivity index (χ2v) is 3.60. The van der Waals surface area contributed by atoms with Crippen LogP contribution >= 0.6 is 0 Å². The third-order valence-corrected chi connectivity index (χ3v) is 2.48. The minimum Gasteiger partial charge on any atom is -0.465 e. The molecule has 1 aromatic rings. The van der Waals surface area contributed by atoms with Gasteiger partial charge in [0.05, 0.1) is 12.5 Å². The summed E-state index contributed by atoms with van der Waals surface area (Å²) in [7, 11) is 0. The van der Waals surface area contributed by atoms with Gasteiger partial charge in [-0.25, -0.2) is 0 Å². The van der Waals surface area contributed by atoms with Crippen LogP contribution in [0.3, 0.4) is 0 Å². The summed E-state index contributed by atoms with van der Waals surface area (Å²) in [5.74, 6) is -0.0516. The Morgan fingerprint density at radius 3 is 3.00 bits per heavy atom. The van der Waals surface area contributed by atoms with Gasteiger partial charge in [0.15, 0.2) is 0 Å². The number of benzene rings is 1. The van der Waals surface area contributed by atoms with Crippen LogP contribution in [0.4, 0.5) is 5.69 Å². The molecule has 0 saturated carbocycles. The molecule has 3 nitrogen and oxygen atoms in total. The average molecular weight is 191 g/mol. The van der Waals surface area contributed by atoms with Crippen LogP contribution in [0.5, 0.6) is 0 Å². The predicted molar refractivity (Wildman–Crippen MR) is 53.6 cm³/mol.